The quantitative estimate of drug-likeness (QED) is 0.636. The van der Waals surface area contributed by atoms with Crippen molar-refractivity contribution in [3.8, 4) is 17.0 Å². The molecule has 0 aliphatic carbocycles. The highest BCUT2D eigenvalue weighted by molar-refractivity contribution is 5.91. The summed E-state index contributed by atoms with van der Waals surface area (Å²) in [4.78, 5) is 16.5. The van der Waals surface area contributed by atoms with Crippen LogP contribution < -0.4 is 10.1 Å². The molecular formula is C24H20F2N2O2. The Bertz CT molecular complexity index is 1130. The summed E-state index contributed by atoms with van der Waals surface area (Å²) in [5, 5.41) is 2.76. The fraction of sp³-hybridized carbons (Fsp3) is 0.167. The van der Waals surface area contributed by atoms with Crippen molar-refractivity contribution in [2.45, 2.75) is 19.4 Å². The van der Waals surface area contributed by atoms with E-state index in [1.807, 2.05) is 31.2 Å². The molecule has 1 amide bonds. The molecule has 0 fully saturated rings. The number of nitrogens with one attached hydrogen (secondary N) is 1. The van der Waals surface area contributed by atoms with E-state index in [1.165, 1.54) is 18.2 Å². The van der Waals surface area contributed by atoms with Crippen LogP contribution in [0.4, 0.5) is 8.78 Å². The minimum Gasteiger partial charge on any atom is -0.488 e. The molecule has 0 saturated carbocycles. The summed E-state index contributed by atoms with van der Waals surface area (Å²) in [5.74, 6) is -0.945. The Labute approximate surface area is 173 Å². The number of carbonyl (C=O) groups is 1. The van der Waals surface area contributed by atoms with E-state index in [9.17, 15) is 13.6 Å². The lowest BCUT2D eigenvalue weighted by Crippen LogP contribution is -2.33. The van der Waals surface area contributed by atoms with Crippen LogP contribution in [-0.4, -0.2) is 23.5 Å². The van der Waals surface area contributed by atoms with E-state index in [1.54, 1.807) is 6.20 Å². The summed E-state index contributed by atoms with van der Waals surface area (Å²) < 4.78 is 32.5. The van der Waals surface area contributed by atoms with Gasteiger partial charge < -0.3 is 10.1 Å². The molecule has 6 heteroatoms. The number of halogens is 2. The van der Waals surface area contributed by atoms with E-state index in [-0.39, 0.29) is 17.6 Å². The lowest BCUT2D eigenvalue weighted by molar-refractivity contribution is -0.116. The summed E-state index contributed by atoms with van der Waals surface area (Å²) >= 11 is 0. The molecule has 1 atom stereocenters. The molecule has 152 valence electrons. The van der Waals surface area contributed by atoms with Gasteiger partial charge in [-0.2, -0.15) is 0 Å². The lowest BCUT2D eigenvalue weighted by atomic mass is 10.0. The van der Waals surface area contributed by atoms with Crippen molar-refractivity contribution >= 4 is 12.0 Å². The maximum absolute atomic E-state index is 13.6. The maximum Gasteiger partial charge on any atom is 0.244 e. The van der Waals surface area contributed by atoms with Crippen LogP contribution in [-0.2, 0) is 11.2 Å². The molecule has 1 aromatic heterocycles. The van der Waals surface area contributed by atoms with Crippen LogP contribution in [0, 0.1) is 18.6 Å². The standard InChI is InChI=1S/C24H20F2N2O2/c1-15-3-2-10-27-24(15)17-5-8-22-18(11-17)12-20(30-22)14-28-23(29)9-6-16-4-7-19(25)13-21(16)26/h2-11,13,20H,12,14H2,1H3,(H,28,29)/b9-6+/t20-/m0/s1. The second-order valence-corrected chi connectivity index (χ2v) is 7.18. The molecule has 2 heterocycles. The number of pyridine rings is 1. The molecule has 0 spiro atoms. The van der Waals surface area contributed by atoms with E-state index in [0.29, 0.717) is 13.0 Å². The van der Waals surface area contributed by atoms with E-state index < -0.39 is 11.6 Å². The van der Waals surface area contributed by atoms with Crippen LogP contribution in [0.2, 0.25) is 0 Å². The molecule has 1 N–H and O–H groups in total. The molecule has 0 bridgehead atoms. The molecule has 3 aromatic rings. The largest absolute Gasteiger partial charge is 0.488 e. The van der Waals surface area contributed by atoms with Crippen LogP contribution >= 0.6 is 0 Å². The van der Waals surface area contributed by atoms with E-state index in [2.05, 4.69) is 16.4 Å². The number of nitrogens with zero attached hydrogens (tertiary/aromatic N) is 1. The number of hydrogen-bond donors (Lipinski definition) is 1. The molecular weight excluding hydrogens is 386 g/mol. The molecule has 2 aromatic carbocycles. The number of aromatic nitrogens is 1. The van der Waals surface area contributed by atoms with Gasteiger partial charge >= 0.3 is 0 Å². The van der Waals surface area contributed by atoms with Crippen molar-refractivity contribution in [1.29, 1.82) is 0 Å². The second-order valence-electron chi connectivity index (χ2n) is 7.18. The Hall–Kier alpha value is -3.54. The zero-order valence-electron chi connectivity index (χ0n) is 16.4. The predicted molar refractivity (Wildman–Crippen MR) is 111 cm³/mol. The number of benzene rings is 2. The van der Waals surface area contributed by atoms with Gasteiger partial charge in [0, 0.05) is 35.9 Å². The van der Waals surface area contributed by atoms with Gasteiger partial charge in [-0.15, -0.1) is 0 Å². The van der Waals surface area contributed by atoms with Gasteiger partial charge in [-0.1, -0.05) is 6.07 Å². The number of aryl methyl sites for hydroxylation is 1. The summed E-state index contributed by atoms with van der Waals surface area (Å²) in [6, 6.07) is 13.1. The summed E-state index contributed by atoms with van der Waals surface area (Å²) in [5.41, 5.74) is 4.29. The predicted octanol–water partition coefficient (Wildman–Crippen LogP) is 4.47. The van der Waals surface area contributed by atoms with Crippen molar-refractivity contribution in [3.63, 3.8) is 0 Å². The van der Waals surface area contributed by atoms with Gasteiger partial charge in [0.1, 0.15) is 23.5 Å². The second kappa shape index (κ2) is 8.45. The summed E-state index contributed by atoms with van der Waals surface area (Å²) in [6.07, 6.45) is 4.80. The SMILES string of the molecule is Cc1cccnc1-c1ccc2c(c1)C[C@@H](CNC(=O)/C=C/c1ccc(F)cc1F)O2. The summed E-state index contributed by atoms with van der Waals surface area (Å²) in [7, 11) is 0. The third-order valence-corrected chi connectivity index (χ3v) is 4.97. The third kappa shape index (κ3) is 4.38. The number of rotatable bonds is 5. The Kier molecular flexibility index (Phi) is 5.57. The molecule has 1 aliphatic rings. The molecule has 4 nitrogen and oxygen atoms in total. The molecule has 0 radical (unpaired) electrons. The number of hydrogen-bond acceptors (Lipinski definition) is 3. The van der Waals surface area contributed by atoms with Gasteiger partial charge in [0.25, 0.3) is 0 Å². The van der Waals surface area contributed by atoms with Crippen molar-refractivity contribution < 1.29 is 18.3 Å². The average Bonchev–Trinajstić information content (AvgIpc) is 3.14. The van der Waals surface area contributed by atoms with Crippen LogP contribution in [0.1, 0.15) is 16.7 Å². The highest BCUT2D eigenvalue weighted by Gasteiger charge is 2.23. The van der Waals surface area contributed by atoms with Crippen LogP contribution in [0.15, 0.2) is 60.8 Å². The van der Waals surface area contributed by atoms with Crippen molar-refractivity contribution in [3.05, 3.63) is 89.1 Å². The Morgan fingerprint density at radius 2 is 2.10 bits per heavy atom. The molecule has 1 aliphatic heterocycles. The van der Waals surface area contributed by atoms with E-state index >= 15 is 0 Å². The van der Waals surface area contributed by atoms with Crippen molar-refractivity contribution in [1.82, 2.24) is 10.3 Å². The Morgan fingerprint density at radius 3 is 2.90 bits per heavy atom. The Balaban J connectivity index is 1.35. The van der Waals surface area contributed by atoms with Gasteiger partial charge in [0.05, 0.1) is 12.2 Å². The van der Waals surface area contributed by atoms with Crippen molar-refractivity contribution in [2.75, 3.05) is 6.54 Å². The number of fused-ring (bicyclic) bond motifs is 1. The molecule has 4 rings (SSSR count). The zero-order chi connectivity index (χ0) is 21.1. The monoisotopic (exact) mass is 406 g/mol. The highest BCUT2D eigenvalue weighted by atomic mass is 19.1. The van der Waals surface area contributed by atoms with Gasteiger partial charge in [-0.25, -0.2) is 8.78 Å². The number of ether oxygens (including phenoxy) is 1. The van der Waals surface area contributed by atoms with E-state index in [0.717, 1.165) is 40.3 Å². The van der Waals surface area contributed by atoms with Crippen LogP contribution in [0.25, 0.3) is 17.3 Å². The van der Waals surface area contributed by atoms with Gasteiger partial charge in [0.15, 0.2) is 0 Å². The minimum absolute atomic E-state index is 0.147. The maximum atomic E-state index is 13.6. The normalized spacial score (nSPS) is 15.1. The minimum atomic E-state index is -0.715. The smallest absolute Gasteiger partial charge is 0.244 e. The molecule has 0 unspecified atom stereocenters. The van der Waals surface area contributed by atoms with Gasteiger partial charge in [-0.05, 0) is 60.5 Å². The molecule has 0 saturated heterocycles. The summed E-state index contributed by atoms with van der Waals surface area (Å²) in [6.45, 7) is 2.34. The van der Waals surface area contributed by atoms with E-state index in [4.69, 9.17) is 4.74 Å². The first-order chi connectivity index (χ1) is 14.5. The van der Waals surface area contributed by atoms with Crippen LogP contribution in [0.3, 0.4) is 0 Å². The highest BCUT2D eigenvalue weighted by Crippen LogP contribution is 2.33. The van der Waals surface area contributed by atoms with Crippen molar-refractivity contribution in [2.24, 2.45) is 0 Å². The van der Waals surface area contributed by atoms with Gasteiger partial charge in [0.2, 0.25) is 5.91 Å². The first kappa shape index (κ1) is 19.8. The fourth-order valence-electron chi connectivity index (χ4n) is 3.44. The number of carbonyl (C=O) groups excluding carboxylic acids is 1. The topological polar surface area (TPSA) is 51.2 Å². The average molecular weight is 406 g/mol. The van der Waals surface area contributed by atoms with Crippen LogP contribution in [0.5, 0.6) is 5.75 Å². The molecule has 30 heavy (non-hydrogen) atoms. The first-order valence-electron chi connectivity index (χ1n) is 9.62. The fourth-order valence-corrected chi connectivity index (χ4v) is 3.44. The lowest BCUT2D eigenvalue weighted by Gasteiger charge is -2.10. The Morgan fingerprint density at radius 1 is 1.23 bits per heavy atom. The third-order valence-electron chi connectivity index (χ3n) is 4.97. The first-order valence-corrected chi connectivity index (χ1v) is 9.62. The van der Waals surface area contributed by atoms with Gasteiger partial charge in [-0.3, -0.25) is 9.78 Å². The zero-order valence-corrected chi connectivity index (χ0v) is 16.4. The number of amides is 1.